The van der Waals surface area contributed by atoms with Gasteiger partial charge in [-0.05, 0) is 30.8 Å². The van der Waals surface area contributed by atoms with Crippen molar-refractivity contribution in [1.29, 1.82) is 0 Å². The lowest BCUT2D eigenvalue weighted by molar-refractivity contribution is -0.387. The van der Waals surface area contributed by atoms with Gasteiger partial charge in [0, 0.05) is 17.7 Å². The molecule has 3 N–H and O–H groups in total. The largest absolute Gasteiger partial charge is 0.383 e. The zero-order valence-electron chi connectivity index (χ0n) is 10.8. The quantitative estimate of drug-likeness (QED) is 0.379. The number of nitro groups is 1. The van der Waals surface area contributed by atoms with Crippen LogP contribution in [0, 0.1) is 10.1 Å². The summed E-state index contributed by atoms with van der Waals surface area (Å²) >= 11 is 0.892. The number of benzene rings is 1. The Bertz CT molecular complexity index is 787. The van der Waals surface area contributed by atoms with E-state index in [1.807, 2.05) is 0 Å². The van der Waals surface area contributed by atoms with Crippen LogP contribution >= 0.6 is 11.8 Å². The second-order valence-corrected chi connectivity index (χ2v) is 5.10. The average molecular weight is 306 g/mol. The van der Waals surface area contributed by atoms with Crippen LogP contribution in [0.4, 0.5) is 11.5 Å². The molecule has 0 aliphatic carbocycles. The van der Waals surface area contributed by atoms with Crippen molar-refractivity contribution in [1.82, 2.24) is 9.97 Å². The molecule has 1 aromatic carbocycles. The van der Waals surface area contributed by atoms with E-state index < -0.39 is 10.5 Å². The van der Waals surface area contributed by atoms with Gasteiger partial charge in [0.2, 0.25) is 0 Å². The summed E-state index contributed by atoms with van der Waals surface area (Å²) in [7, 11) is 0. The molecule has 0 bridgehead atoms. The second kappa shape index (κ2) is 5.75. The molecule has 108 valence electrons. The first kappa shape index (κ1) is 14.7. The number of nitrogens with two attached hydrogens (primary N) is 1. The van der Waals surface area contributed by atoms with E-state index >= 15 is 0 Å². The molecule has 0 radical (unpaired) electrons. The van der Waals surface area contributed by atoms with E-state index in [0.29, 0.717) is 0 Å². The zero-order valence-corrected chi connectivity index (χ0v) is 11.6. The molecule has 0 atom stereocenters. The molecule has 2 rings (SSSR count). The smallest absolute Gasteiger partial charge is 0.284 e. The Morgan fingerprint density at radius 1 is 1.43 bits per heavy atom. The van der Waals surface area contributed by atoms with Crippen LogP contribution in [0.3, 0.4) is 0 Å². The number of aromatic nitrogens is 2. The molecule has 9 heteroatoms. The van der Waals surface area contributed by atoms with E-state index in [1.54, 1.807) is 0 Å². The number of ketones is 1. The summed E-state index contributed by atoms with van der Waals surface area (Å²) in [6.45, 7) is 1.32. The highest BCUT2D eigenvalue weighted by molar-refractivity contribution is 7.99. The fraction of sp³-hybridized carbons (Fsp3) is 0.0833. The van der Waals surface area contributed by atoms with Crippen LogP contribution in [0.15, 0.2) is 39.1 Å². The fourth-order valence-corrected chi connectivity index (χ4v) is 2.46. The Balaban J connectivity index is 2.46. The Kier molecular flexibility index (Phi) is 4.03. The topological polar surface area (TPSA) is 132 Å². The number of rotatable bonds is 4. The van der Waals surface area contributed by atoms with Crippen LogP contribution in [-0.2, 0) is 0 Å². The van der Waals surface area contributed by atoms with Gasteiger partial charge in [0.25, 0.3) is 11.2 Å². The normalized spacial score (nSPS) is 10.3. The van der Waals surface area contributed by atoms with Crippen molar-refractivity contribution in [2.75, 3.05) is 5.73 Å². The molecular weight excluding hydrogens is 296 g/mol. The van der Waals surface area contributed by atoms with Crippen molar-refractivity contribution in [2.45, 2.75) is 17.0 Å². The number of carbonyl (C=O) groups excluding carboxylic acids is 1. The third-order valence-corrected chi connectivity index (χ3v) is 3.46. The van der Waals surface area contributed by atoms with E-state index in [2.05, 4.69) is 9.97 Å². The molecule has 1 aromatic heterocycles. The first-order valence-electron chi connectivity index (χ1n) is 5.71. The van der Waals surface area contributed by atoms with Crippen LogP contribution in [0.2, 0.25) is 0 Å². The standard InChI is InChI=1S/C12H10N4O4S/c1-6(17)7-2-3-9(8(4-7)16(19)20)21-12-14-10(13)5-11(18)15-12/h2-5H,1H3,(H3,13,14,15,18). The summed E-state index contributed by atoms with van der Waals surface area (Å²) in [6.07, 6.45) is 0. The maximum Gasteiger partial charge on any atom is 0.284 e. The molecular formula is C12H10N4O4S. The number of Topliss-reactive ketones (excluding diaryl/α,β-unsaturated/α-hetero) is 1. The number of anilines is 1. The number of H-pyrrole nitrogens is 1. The van der Waals surface area contributed by atoms with Crippen LogP contribution in [0.1, 0.15) is 17.3 Å². The molecule has 21 heavy (non-hydrogen) atoms. The monoisotopic (exact) mass is 306 g/mol. The minimum Gasteiger partial charge on any atom is -0.383 e. The lowest BCUT2D eigenvalue weighted by atomic mass is 10.1. The van der Waals surface area contributed by atoms with E-state index in [1.165, 1.54) is 25.1 Å². The number of nitro benzene ring substituents is 1. The highest BCUT2D eigenvalue weighted by Crippen LogP contribution is 2.33. The third kappa shape index (κ3) is 3.45. The van der Waals surface area contributed by atoms with Gasteiger partial charge in [-0.15, -0.1) is 0 Å². The lowest BCUT2D eigenvalue weighted by Crippen LogP contribution is -2.09. The summed E-state index contributed by atoms with van der Waals surface area (Å²) in [5, 5.41) is 11.2. The van der Waals surface area contributed by atoms with Crippen LogP contribution in [-0.4, -0.2) is 20.7 Å². The van der Waals surface area contributed by atoms with E-state index in [-0.39, 0.29) is 32.9 Å². The Hall–Kier alpha value is -2.68. The zero-order chi connectivity index (χ0) is 15.6. The van der Waals surface area contributed by atoms with Gasteiger partial charge in [-0.2, -0.15) is 0 Å². The maximum atomic E-state index is 11.3. The summed E-state index contributed by atoms with van der Waals surface area (Å²) in [5.41, 5.74) is 5.00. The number of hydrogen-bond acceptors (Lipinski definition) is 7. The van der Waals surface area contributed by atoms with Crippen molar-refractivity contribution in [2.24, 2.45) is 0 Å². The molecule has 0 aliphatic heterocycles. The molecule has 8 nitrogen and oxygen atoms in total. The number of nitrogen functional groups attached to an aromatic ring is 1. The van der Waals surface area contributed by atoms with Crippen LogP contribution in [0.5, 0.6) is 0 Å². The van der Waals surface area contributed by atoms with Crippen molar-refractivity contribution in [3.05, 3.63) is 50.3 Å². The molecule has 0 amide bonds. The molecule has 1 heterocycles. The predicted octanol–water partition coefficient (Wildman–Crippen LogP) is 1.61. The SMILES string of the molecule is CC(=O)c1ccc(Sc2nc(N)cc(=O)[nH]2)c([N+](=O)[O-])c1. The fourth-order valence-electron chi connectivity index (χ4n) is 1.57. The van der Waals surface area contributed by atoms with Gasteiger partial charge < -0.3 is 10.7 Å². The number of hydrogen-bond donors (Lipinski definition) is 2. The van der Waals surface area contributed by atoms with Gasteiger partial charge in [0.15, 0.2) is 10.9 Å². The first-order valence-corrected chi connectivity index (χ1v) is 6.52. The van der Waals surface area contributed by atoms with Gasteiger partial charge in [-0.1, -0.05) is 0 Å². The molecule has 0 spiro atoms. The van der Waals surface area contributed by atoms with Crippen molar-refractivity contribution in [3.63, 3.8) is 0 Å². The summed E-state index contributed by atoms with van der Waals surface area (Å²) in [6, 6.07) is 5.21. The predicted molar refractivity (Wildman–Crippen MR) is 76.5 cm³/mol. The van der Waals surface area contributed by atoms with Gasteiger partial charge in [0.1, 0.15) is 5.82 Å². The van der Waals surface area contributed by atoms with Crippen LogP contribution in [0.25, 0.3) is 0 Å². The van der Waals surface area contributed by atoms with Gasteiger partial charge in [-0.3, -0.25) is 19.7 Å². The lowest BCUT2D eigenvalue weighted by Gasteiger charge is -2.04. The summed E-state index contributed by atoms with van der Waals surface area (Å²) < 4.78 is 0. The van der Waals surface area contributed by atoms with E-state index in [9.17, 15) is 19.7 Å². The molecule has 0 saturated heterocycles. The molecule has 2 aromatic rings. The highest BCUT2D eigenvalue weighted by Gasteiger charge is 2.18. The van der Waals surface area contributed by atoms with E-state index in [4.69, 9.17) is 5.73 Å². The molecule has 0 saturated carbocycles. The number of nitrogens with one attached hydrogen (secondary N) is 1. The minimum absolute atomic E-state index is 0.0178. The number of carbonyl (C=O) groups is 1. The van der Waals surface area contributed by atoms with Crippen molar-refractivity contribution in [3.8, 4) is 0 Å². The van der Waals surface area contributed by atoms with Crippen LogP contribution < -0.4 is 11.3 Å². The maximum absolute atomic E-state index is 11.3. The third-order valence-electron chi connectivity index (χ3n) is 2.51. The van der Waals surface area contributed by atoms with Gasteiger partial charge in [0.05, 0.1) is 9.82 Å². The number of aromatic amines is 1. The second-order valence-electron chi connectivity index (χ2n) is 4.07. The first-order chi connectivity index (χ1) is 9.86. The Morgan fingerprint density at radius 2 is 2.14 bits per heavy atom. The highest BCUT2D eigenvalue weighted by atomic mass is 32.2. The summed E-state index contributed by atoms with van der Waals surface area (Å²) in [5.74, 6) is -0.255. The molecule has 0 unspecified atom stereocenters. The van der Waals surface area contributed by atoms with Gasteiger partial charge in [-0.25, -0.2) is 4.98 Å². The number of nitrogens with zero attached hydrogens (tertiary/aromatic N) is 2. The van der Waals surface area contributed by atoms with Gasteiger partial charge >= 0.3 is 0 Å². The van der Waals surface area contributed by atoms with E-state index in [0.717, 1.165) is 17.8 Å². The Morgan fingerprint density at radius 3 is 2.71 bits per heavy atom. The summed E-state index contributed by atoms with van der Waals surface area (Å²) in [4.78, 5) is 39.6. The average Bonchev–Trinajstić information content (AvgIpc) is 2.37. The Labute approximate surface area is 122 Å². The van der Waals surface area contributed by atoms with Crippen molar-refractivity contribution >= 4 is 29.1 Å². The molecule has 0 aliphatic rings. The van der Waals surface area contributed by atoms with Crippen molar-refractivity contribution < 1.29 is 9.72 Å². The molecule has 0 fully saturated rings. The minimum atomic E-state index is -0.598.